The van der Waals surface area contributed by atoms with Gasteiger partial charge in [0.05, 0.1) is 6.04 Å². The van der Waals surface area contributed by atoms with Gasteiger partial charge in [-0.2, -0.15) is 11.8 Å². The lowest BCUT2D eigenvalue weighted by molar-refractivity contribution is 0.620. The molecule has 0 aliphatic carbocycles. The molecule has 1 nitrogen and oxygen atoms in total. The summed E-state index contributed by atoms with van der Waals surface area (Å²) in [5, 5.41) is 3.53. The highest BCUT2D eigenvalue weighted by atomic mass is 32.2. The fraction of sp³-hybridized carbons (Fsp3) is 0.538. The molecule has 0 fully saturated rings. The molecule has 1 aliphatic heterocycles. The van der Waals surface area contributed by atoms with Crippen molar-refractivity contribution in [2.24, 2.45) is 0 Å². The average molecular weight is 253 g/mol. The Balaban J connectivity index is 2.12. The number of nitrogens with one attached hydrogen (secondary N) is 1. The highest BCUT2D eigenvalue weighted by molar-refractivity contribution is 7.98. The molecule has 0 radical (unpaired) electrons. The van der Waals surface area contributed by atoms with E-state index in [4.69, 9.17) is 0 Å². The highest BCUT2D eigenvalue weighted by Crippen LogP contribution is 2.34. The molecule has 0 saturated heterocycles. The summed E-state index contributed by atoms with van der Waals surface area (Å²) in [4.78, 5) is 3.04. The molecule has 0 bridgehead atoms. The van der Waals surface area contributed by atoms with Crippen LogP contribution in [0.5, 0.6) is 0 Å². The van der Waals surface area contributed by atoms with E-state index in [1.54, 1.807) is 10.4 Å². The van der Waals surface area contributed by atoms with E-state index < -0.39 is 0 Å². The molecule has 1 aromatic rings. The molecule has 2 rings (SSSR count). The fourth-order valence-electron chi connectivity index (χ4n) is 1.92. The summed E-state index contributed by atoms with van der Waals surface area (Å²) in [6.45, 7) is 7.20. The topological polar surface area (TPSA) is 12.0 Å². The Kier molecular flexibility index (Phi) is 4.50. The van der Waals surface area contributed by atoms with Gasteiger partial charge in [0.25, 0.3) is 0 Å². The van der Waals surface area contributed by atoms with E-state index >= 15 is 0 Å². The van der Waals surface area contributed by atoms with Gasteiger partial charge in [0.15, 0.2) is 0 Å². The second-order valence-electron chi connectivity index (χ2n) is 4.07. The molecular weight excluding hydrogens is 234 g/mol. The minimum absolute atomic E-state index is 0.348. The fourth-order valence-corrected chi connectivity index (χ4v) is 4.37. The third kappa shape index (κ3) is 2.70. The molecule has 0 amide bonds. The van der Waals surface area contributed by atoms with Gasteiger partial charge in [0.1, 0.15) is 0 Å². The molecule has 2 heterocycles. The van der Waals surface area contributed by atoms with Crippen LogP contribution in [0.3, 0.4) is 0 Å². The molecule has 1 aromatic heterocycles. The summed E-state index contributed by atoms with van der Waals surface area (Å²) in [5.41, 5.74) is 1.56. The maximum absolute atomic E-state index is 3.94. The van der Waals surface area contributed by atoms with Gasteiger partial charge >= 0.3 is 0 Å². The van der Waals surface area contributed by atoms with E-state index in [9.17, 15) is 0 Å². The van der Waals surface area contributed by atoms with Crippen LogP contribution in [0, 0.1) is 0 Å². The Morgan fingerprint density at radius 2 is 2.50 bits per heavy atom. The van der Waals surface area contributed by atoms with Gasteiger partial charge < -0.3 is 5.32 Å². The number of fused-ring (bicyclic) bond motifs is 1. The molecule has 1 unspecified atom stereocenters. The van der Waals surface area contributed by atoms with E-state index in [0.29, 0.717) is 6.04 Å². The first kappa shape index (κ1) is 12.2. The minimum atomic E-state index is 0.348. The van der Waals surface area contributed by atoms with Gasteiger partial charge in [-0.25, -0.2) is 0 Å². The summed E-state index contributed by atoms with van der Waals surface area (Å²) in [7, 11) is 0. The van der Waals surface area contributed by atoms with Crippen LogP contribution in [0.15, 0.2) is 18.7 Å². The van der Waals surface area contributed by atoms with Crippen LogP contribution in [0.2, 0.25) is 0 Å². The number of aryl methyl sites for hydroxylation is 1. The first-order valence-electron chi connectivity index (χ1n) is 5.90. The predicted molar refractivity (Wildman–Crippen MR) is 75.4 cm³/mol. The molecule has 0 spiro atoms. The van der Waals surface area contributed by atoms with Crippen LogP contribution < -0.4 is 5.32 Å². The summed E-state index contributed by atoms with van der Waals surface area (Å²) in [6, 6.07) is 2.72. The lowest BCUT2D eigenvalue weighted by Crippen LogP contribution is -2.19. The maximum atomic E-state index is 3.94. The molecule has 0 aromatic carbocycles. The van der Waals surface area contributed by atoms with Gasteiger partial charge in [-0.1, -0.05) is 13.0 Å². The van der Waals surface area contributed by atoms with Crippen molar-refractivity contribution in [2.45, 2.75) is 31.6 Å². The number of hydrogen-bond donors (Lipinski definition) is 1. The Morgan fingerprint density at radius 1 is 1.62 bits per heavy atom. The van der Waals surface area contributed by atoms with Crippen molar-refractivity contribution < 1.29 is 0 Å². The van der Waals surface area contributed by atoms with Crippen molar-refractivity contribution >= 4 is 23.1 Å². The Morgan fingerprint density at radius 3 is 3.19 bits per heavy atom. The molecule has 88 valence electrons. The molecular formula is C13H19NS2. The van der Waals surface area contributed by atoms with Gasteiger partial charge in [-0.15, -0.1) is 17.9 Å². The molecule has 3 heteroatoms. The molecule has 16 heavy (non-hydrogen) atoms. The van der Waals surface area contributed by atoms with Gasteiger partial charge in [-0.3, -0.25) is 0 Å². The van der Waals surface area contributed by atoms with E-state index in [2.05, 4.69) is 24.9 Å². The molecule has 1 atom stereocenters. The Bertz CT molecular complexity index is 333. The molecule has 1 N–H and O–H groups in total. The first-order valence-corrected chi connectivity index (χ1v) is 7.87. The van der Waals surface area contributed by atoms with Crippen molar-refractivity contribution in [1.29, 1.82) is 0 Å². The van der Waals surface area contributed by atoms with Crippen molar-refractivity contribution in [1.82, 2.24) is 5.32 Å². The van der Waals surface area contributed by atoms with Gasteiger partial charge in [0.2, 0.25) is 0 Å². The van der Waals surface area contributed by atoms with Crippen LogP contribution in [0.1, 0.15) is 34.7 Å². The number of thioether (sulfide) groups is 1. The monoisotopic (exact) mass is 253 g/mol. The first-order chi connectivity index (χ1) is 7.85. The second kappa shape index (κ2) is 5.89. The second-order valence-corrected chi connectivity index (χ2v) is 6.34. The SMILES string of the molecule is C=CC(NCCC)c1cc2c(s1)CCSC2. The van der Waals surface area contributed by atoms with Crippen molar-refractivity contribution in [3.05, 3.63) is 34.0 Å². The summed E-state index contributed by atoms with van der Waals surface area (Å²) in [6.07, 6.45) is 4.45. The Hall–Kier alpha value is -0.250. The molecule has 1 aliphatic rings. The van der Waals surface area contributed by atoms with Gasteiger partial charge in [-0.05, 0) is 36.8 Å². The van der Waals surface area contributed by atoms with Crippen LogP contribution in [-0.4, -0.2) is 12.3 Å². The third-order valence-corrected chi connectivity index (χ3v) is 5.13. The smallest absolute Gasteiger partial charge is 0.0598 e. The van der Waals surface area contributed by atoms with Crippen LogP contribution in [0.25, 0.3) is 0 Å². The van der Waals surface area contributed by atoms with E-state index in [0.717, 1.165) is 6.54 Å². The van der Waals surface area contributed by atoms with Crippen LogP contribution in [-0.2, 0) is 12.2 Å². The van der Waals surface area contributed by atoms with Crippen LogP contribution in [0.4, 0.5) is 0 Å². The maximum Gasteiger partial charge on any atom is 0.0598 e. The zero-order chi connectivity index (χ0) is 11.4. The molecule has 0 saturated carbocycles. The van der Waals surface area contributed by atoms with Crippen molar-refractivity contribution in [3.63, 3.8) is 0 Å². The number of hydrogen-bond acceptors (Lipinski definition) is 3. The predicted octanol–water partition coefficient (Wildman–Crippen LogP) is 3.76. The van der Waals surface area contributed by atoms with E-state index in [-0.39, 0.29) is 0 Å². The summed E-state index contributed by atoms with van der Waals surface area (Å²) in [5.74, 6) is 2.48. The zero-order valence-electron chi connectivity index (χ0n) is 9.79. The Labute approximate surface area is 106 Å². The minimum Gasteiger partial charge on any atom is -0.306 e. The lowest BCUT2D eigenvalue weighted by atomic mass is 10.1. The zero-order valence-corrected chi connectivity index (χ0v) is 11.4. The number of rotatable bonds is 5. The van der Waals surface area contributed by atoms with E-state index in [1.807, 2.05) is 29.2 Å². The summed E-state index contributed by atoms with van der Waals surface area (Å²) >= 11 is 4.02. The standard InChI is InChI=1S/C13H19NS2/c1-3-6-14-11(4-2)13-8-10-9-15-7-5-12(10)16-13/h4,8,11,14H,2-3,5-7,9H2,1H3. The lowest BCUT2D eigenvalue weighted by Gasteiger charge is -2.11. The average Bonchev–Trinajstić information content (AvgIpc) is 2.73. The van der Waals surface area contributed by atoms with Crippen LogP contribution >= 0.6 is 23.1 Å². The van der Waals surface area contributed by atoms with Crippen molar-refractivity contribution in [3.8, 4) is 0 Å². The van der Waals surface area contributed by atoms with Crippen molar-refractivity contribution in [2.75, 3.05) is 12.3 Å². The van der Waals surface area contributed by atoms with Gasteiger partial charge in [0, 0.05) is 15.5 Å². The summed E-state index contributed by atoms with van der Waals surface area (Å²) < 4.78 is 0. The highest BCUT2D eigenvalue weighted by Gasteiger charge is 2.16. The normalized spacial score (nSPS) is 16.8. The largest absolute Gasteiger partial charge is 0.306 e. The quantitative estimate of drug-likeness (QED) is 0.802. The number of thiophene rings is 1. The third-order valence-electron chi connectivity index (χ3n) is 2.80. The van der Waals surface area contributed by atoms with E-state index in [1.165, 1.54) is 29.2 Å².